The van der Waals surface area contributed by atoms with Crippen LogP contribution in [0.1, 0.15) is 22.4 Å². The maximum absolute atomic E-state index is 12.5. The van der Waals surface area contributed by atoms with E-state index in [0.717, 1.165) is 16.7 Å². The molecule has 2 aromatic rings. The molecule has 0 aliphatic rings. The molecule has 1 aromatic carbocycles. The summed E-state index contributed by atoms with van der Waals surface area (Å²) in [5.41, 5.74) is 4.06. The van der Waals surface area contributed by atoms with Gasteiger partial charge in [0, 0.05) is 13.2 Å². The van der Waals surface area contributed by atoms with Gasteiger partial charge in [-0.05, 0) is 38.8 Å². The van der Waals surface area contributed by atoms with Crippen molar-refractivity contribution in [1.29, 1.82) is 0 Å². The van der Waals surface area contributed by atoms with Gasteiger partial charge in [0.05, 0.1) is 11.4 Å². The van der Waals surface area contributed by atoms with E-state index in [4.69, 9.17) is 0 Å². The summed E-state index contributed by atoms with van der Waals surface area (Å²) in [6, 6.07) is 3.92. The Balaban J connectivity index is 2.46. The molecular weight excluding hydrogens is 274 g/mol. The zero-order chi connectivity index (χ0) is 15.1. The molecule has 2 rings (SSSR count). The summed E-state index contributed by atoms with van der Waals surface area (Å²) in [5, 5.41) is 4.08. The third kappa shape index (κ3) is 2.70. The molecule has 5 nitrogen and oxygen atoms in total. The smallest absolute Gasteiger partial charge is 0.265 e. The van der Waals surface area contributed by atoms with Crippen molar-refractivity contribution < 1.29 is 8.42 Å². The van der Waals surface area contributed by atoms with Crippen LogP contribution in [0.5, 0.6) is 0 Å². The normalized spacial score (nSPS) is 11.7. The monoisotopic (exact) mass is 293 g/mol. The molecule has 108 valence electrons. The fraction of sp³-hybridized carbons (Fsp3) is 0.357. The van der Waals surface area contributed by atoms with Crippen molar-refractivity contribution in [2.24, 2.45) is 7.05 Å². The van der Waals surface area contributed by atoms with E-state index in [1.165, 1.54) is 10.9 Å². The van der Waals surface area contributed by atoms with E-state index in [9.17, 15) is 8.42 Å². The molecule has 1 heterocycles. The number of hydrogen-bond acceptors (Lipinski definition) is 3. The number of sulfonamides is 1. The lowest BCUT2D eigenvalue weighted by Crippen LogP contribution is -2.15. The first kappa shape index (κ1) is 14.6. The summed E-state index contributed by atoms with van der Waals surface area (Å²) < 4.78 is 29.1. The molecule has 0 saturated heterocycles. The van der Waals surface area contributed by atoms with Gasteiger partial charge in [0.2, 0.25) is 0 Å². The summed E-state index contributed by atoms with van der Waals surface area (Å²) in [4.78, 5) is 0.208. The topological polar surface area (TPSA) is 64.0 Å². The van der Waals surface area contributed by atoms with E-state index in [1.807, 2.05) is 32.9 Å². The number of benzene rings is 1. The average Bonchev–Trinajstić information content (AvgIpc) is 2.64. The van der Waals surface area contributed by atoms with Crippen LogP contribution >= 0.6 is 0 Å². The molecule has 0 unspecified atom stereocenters. The van der Waals surface area contributed by atoms with Gasteiger partial charge in [-0.25, -0.2) is 8.42 Å². The summed E-state index contributed by atoms with van der Waals surface area (Å²) in [6.45, 7) is 7.47. The van der Waals surface area contributed by atoms with Gasteiger partial charge < -0.3 is 0 Å². The highest BCUT2D eigenvalue weighted by Crippen LogP contribution is 2.25. The van der Waals surface area contributed by atoms with Crippen molar-refractivity contribution in [2.45, 2.75) is 32.6 Å². The number of nitrogens with one attached hydrogen (secondary N) is 1. The van der Waals surface area contributed by atoms with Crippen LogP contribution in [-0.2, 0) is 17.1 Å². The van der Waals surface area contributed by atoms with E-state index in [0.29, 0.717) is 11.4 Å². The highest BCUT2D eigenvalue weighted by Gasteiger charge is 2.21. The van der Waals surface area contributed by atoms with Gasteiger partial charge in [0.25, 0.3) is 10.0 Å². The van der Waals surface area contributed by atoms with Gasteiger partial charge in [-0.3, -0.25) is 9.40 Å². The lowest BCUT2D eigenvalue weighted by atomic mass is 10.1. The molecule has 0 atom stereocenters. The molecule has 0 radical (unpaired) electrons. The SMILES string of the molecule is Cc1cc(C)c(NS(=O)(=O)c2cn(C)nc2C)c(C)c1. The van der Waals surface area contributed by atoms with Crippen molar-refractivity contribution in [3.05, 3.63) is 40.7 Å². The number of aromatic nitrogens is 2. The minimum absolute atomic E-state index is 0.208. The molecule has 6 heteroatoms. The quantitative estimate of drug-likeness (QED) is 0.945. The van der Waals surface area contributed by atoms with Gasteiger partial charge in [0.1, 0.15) is 4.90 Å². The molecule has 0 fully saturated rings. The second kappa shape index (κ2) is 4.94. The van der Waals surface area contributed by atoms with E-state index < -0.39 is 10.0 Å². The zero-order valence-electron chi connectivity index (χ0n) is 12.4. The third-order valence-electron chi connectivity index (χ3n) is 3.17. The first-order chi connectivity index (χ1) is 9.20. The molecule has 0 aliphatic carbocycles. The van der Waals surface area contributed by atoms with Gasteiger partial charge in [-0.1, -0.05) is 17.7 Å². The van der Waals surface area contributed by atoms with E-state index in [2.05, 4.69) is 9.82 Å². The molecule has 1 aromatic heterocycles. The zero-order valence-corrected chi connectivity index (χ0v) is 13.2. The van der Waals surface area contributed by atoms with E-state index in [-0.39, 0.29) is 4.90 Å². The van der Waals surface area contributed by atoms with Crippen LogP contribution in [0.2, 0.25) is 0 Å². The fourth-order valence-electron chi connectivity index (χ4n) is 2.37. The molecular formula is C14H19N3O2S. The Kier molecular flexibility index (Phi) is 3.60. The Morgan fingerprint density at radius 2 is 1.65 bits per heavy atom. The van der Waals surface area contributed by atoms with Crippen molar-refractivity contribution in [2.75, 3.05) is 4.72 Å². The minimum atomic E-state index is -3.61. The van der Waals surface area contributed by atoms with Crippen molar-refractivity contribution >= 4 is 15.7 Å². The Bertz CT molecular complexity index is 738. The van der Waals surface area contributed by atoms with Gasteiger partial charge in [-0.15, -0.1) is 0 Å². The lowest BCUT2D eigenvalue weighted by molar-refractivity contribution is 0.600. The fourth-order valence-corrected chi connectivity index (χ4v) is 3.79. The minimum Gasteiger partial charge on any atom is -0.279 e. The van der Waals surface area contributed by atoms with Crippen molar-refractivity contribution in [1.82, 2.24) is 9.78 Å². The van der Waals surface area contributed by atoms with Crippen molar-refractivity contribution in [3.63, 3.8) is 0 Å². The van der Waals surface area contributed by atoms with Crippen molar-refractivity contribution in [3.8, 4) is 0 Å². The predicted molar refractivity (Wildman–Crippen MR) is 79.4 cm³/mol. The molecule has 1 N–H and O–H groups in total. The Morgan fingerprint density at radius 1 is 1.10 bits per heavy atom. The summed E-state index contributed by atoms with van der Waals surface area (Å²) in [5.74, 6) is 0. The van der Waals surface area contributed by atoms with Crippen LogP contribution in [0.4, 0.5) is 5.69 Å². The molecule has 0 aliphatic heterocycles. The largest absolute Gasteiger partial charge is 0.279 e. The maximum Gasteiger partial charge on any atom is 0.265 e. The van der Waals surface area contributed by atoms with Gasteiger partial charge in [-0.2, -0.15) is 5.10 Å². The average molecular weight is 293 g/mol. The Hall–Kier alpha value is -1.82. The molecule has 0 spiro atoms. The van der Waals surface area contributed by atoms with E-state index >= 15 is 0 Å². The van der Waals surface area contributed by atoms with E-state index in [1.54, 1.807) is 14.0 Å². The molecule has 0 bridgehead atoms. The van der Waals surface area contributed by atoms with Crippen LogP contribution < -0.4 is 4.72 Å². The van der Waals surface area contributed by atoms with Crippen LogP contribution in [0.25, 0.3) is 0 Å². The van der Waals surface area contributed by atoms with Gasteiger partial charge in [0.15, 0.2) is 0 Å². The number of hydrogen-bond donors (Lipinski definition) is 1. The Morgan fingerprint density at radius 3 is 2.10 bits per heavy atom. The molecule has 0 saturated carbocycles. The summed E-state index contributed by atoms with van der Waals surface area (Å²) in [6.07, 6.45) is 1.51. The van der Waals surface area contributed by atoms with Crippen LogP contribution in [-0.4, -0.2) is 18.2 Å². The highest BCUT2D eigenvalue weighted by molar-refractivity contribution is 7.92. The number of aryl methyl sites for hydroxylation is 5. The third-order valence-corrected chi connectivity index (χ3v) is 4.62. The number of anilines is 1. The van der Waals surface area contributed by atoms with Crippen LogP contribution in [0.3, 0.4) is 0 Å². The highest BCUT2D eigenvalue weighted by atomic mass is 32.2. The standard InChI is InChI=1S/C14H19N3O2S/c1-9-6-10(2)14(11(3)7-9)16-20(18,19)13-8-17(5)15-12(13)4/h6-8,16H,1-5H3. The first-order valence-corrected chi connectivity index (χ1v) is 7.80. The lowest BCUT2D eigenvalue weighted by Gasteiger charge is -2.13. The maximum atomic E-state index is 12.5. The number of rotatable bonds is 3. The van der Waals surface area contributed by atoms with Gasteiger partial charge >= 0.3 is 0 Å². The summed E-state index contributed by atoms with van der Waals surface area (Å²) >= 11 is 0. The Labute approximate surface area is 119 Å². The second-order valence-corrected chi connectivity index (χ2v) is 6.78. The predicted octanol–water partition coefficient (Wildman–Crippen LogP) is 2.45. The van der Waals surface area contributed by atoms with Crippen LogP contribution in [0.15, 0.2) is 23.2 Å². The summed E-state index contributed by atoms with van der Waals surface area (Å²) in [7, 11) is -1.91. The van der Waals surface area contributed by atoms with Crippen LogP contribution in [0, 0.1) is 27.7 Å². The molecule has 0 amide bonds. The number of nitrogens with zero attached hydrogens (tertiary/aromatic N) is 2. The first-order valence-electron chi connectivity index (χ1n) is 6.31. The second-order valence-electron chi connectivity index (χ2n) is 5.13. The molecule has 20 heavy (non-hydrogen) atoms.